The number of nitrogens with zero attached hydrogens (tertiary/aromatic N) is 3. The molecule has 0 saturated heterocycles. The van der Waals surface area contributed by atoms with E-state index in [2.05, 4.69) is 71.3 Å². The molecular weight excluding hydrogens is 426 g/mol. The number of hydrogen-bond donors (Lipinski definition) is 0. The average molecular weight is 446 g/mol. The van der Waals surface area contributed by atoms with E-state index in [0.29, 0.717) is 16.7 Å². The third kappa shape index (κ3) is 3.19. The van der Waals surface area contributed by atoms with Gasteiger partial charge in [0.2, 0.25) is 0 Å². The Balaban J connectivity index is 1.88. The van der Waals surface area contributed by atoms with Gasteiger partial charge in [0.05, 0.1) is 34.3 Å². The zero-order chi connectivity index (χ0) is 23.8. The summed E-state index contributed by atoms with van der Waals surface area (Å²) in [5.41, 5.74) is 7.83. The highest BCUT2D eigenvalue weighted by atomic mass is 15.0. The molecule has 0 spiro atoms. The van der Waals surface area contributed by atoms with Crippen LogP contribution in [0.5, 0.6) is 0 Å². The zero-order valence-corrected chi connectivity index (χ0v) is 18.8. The molecule has 1 aromatic heterocycles. The van der Waals surface area contributed by atoms with E-state index in [0.717, 1.165) is 44.2 Å². The van der Waals surface area contributed by atoms with Crippen LogP contribution in [0.1, 0.15) is 11.1 Å². The molecule has 35 heavy (non-hydrogen) atoms. The molecule has 0 aliphatic carbocycles. The molecule has 0 bridgehead atoms. The monoisotopic (exact) mass is 445 g/mol. The summed E-state index contributed by atoms with van der Waals surface area (Å²) >= 11 is 0. The highest BCUT2D eigenvalue weighted by molar-refractivity contribution is 6.20. The molecule has 0 fully saturated rings. The minimum Gasteiger partial charge on any atom is -0.309 e. The lowest BCUT2D eigenvalue weighted by Crippen LogP contribution is -1.98. The fourth-order valence-electron chi connectivity index (χ4n) is 5.03. The number of rotatable bonds is 3. The highest BCUT2D eigenvalue weighted by Crippen LogP contribution is 2.44. The van der Waals surface area contributed by atoms with Gasteiger partial charge < -0.3 is 4.57 Å². The van der Waals surface area contributed by atoms with Crippen LogP contribution in [-0.4, -0.2) is 4.57 Å². The van der Waals surface area contributed by atoms with Crippen molar-refractivity contribution in [3.05, 3.63) is 126 Å². The van der Waals surface area contributed by atoms with Gasteiger partial charge in [0.25, 0.3) is 0 Å². The molecular formula is C32H19N3. The van der Waals surface area contributed by atoms with Crippen LogP contribution in [0.3, 0.4) is 0 Å². The van der Waals surface area contributed by atoms with Gasteiger partial charge in [-0.2, -0.15) is 10.5 Å². The SMILES string of the molecule is N#Cc1cccc(C#N)c1-c1ccc(-c2ccccc2)c2c3ccccc3n(-c3ccccc3)c12. The van der Waals surface area contributed by atoms with Gasteiger partial charge in [0.15, 0.2) is 0 Å². The van der Waals surface area contributed by atoms with Gasteiger partial charge in [0.1, 0.15) is 0 Å². The molecule has 0 unspecified atom stereocenters. The molecule has 3 heteroatoms. The Morgan fingerprint density at radius 1 is 0.543 bits per heavy atom. The number of aromatic nitrogens is 1. The summed E-state index contributed by atoms with van der Waals surface area (Å²) in [5, 5.41) is 22.2. The van der Waals surface area contributed by atoms with Gasteiger partial charge in [0, 0.05) is 27.6 Å². The predicted octanol–water partition coefficient (Wildman–Crippen LogP) is 7.86. The van der Waals surface area contributed by atoms with Gasteiger partial charge in [-0.15, -0.1) is 0 Å². The molecule has 1 heterocycles. The molecule has 6 rings (SSSR count). The van der Waals surface area contributed by atoms with Gasteiger partial charge in [-0.3, -0.25) is 0 Å². The van der Waals surface area contributed by atoms with Crippen molar-refractivity contribution >= 4 is 21.8 Å². The summed E-state index contributed by atoms with van der Waals surface area (Å²) in [5.74, 6) is 0. The van der Waals surface area contributed by atoms with Crippen LogP contribution in [0.2, 0.25) is 0 Å². The van der Waals surface area contributed by atoms with Crippen molar-refractivity contribution in [1.82, 2.24) is 4.57 Å². The Morgan fingerprint density at radius 2 is 1.14 bits per heavy atom. The van der Waals surface area contributed by atoms with Crippen LogP contribution in [-0.2, 0) is 0 Å². The molecule has 5 aromatic carbocycles. The van der Waals surface area contributed by atoms with Crippen LogP contribution in [0, 0.1) is 22.7 Å². The van der Waals surface area contributed by atoms with E-state index in [4.69, 9.17) is 0 Å². The summed E-state index contributed by atoms with van der Waals surface area (Å²) < 4.78 is 2.25. The topological polar surface area (TPSA) is 52.5 Å². The first-order chi connectivity index (χ1) is 17.3. The number of hydrogen-bond acceptors (Lipinski definition) is 2. The van der Waals surface area contributed by atoms with Crippen molar-refractivity contribution in [2.24, 2.45) is 0 Å². The lowest BCUT2D eigenvalue weighted by Gasteiger charge is -2.15. The second-order valence-electron chi connectivity index (χ2n) is 8.39. The van der Waals surface area contributed by atoms with E-state index in [1.165, 1.54) is 0 Å². The minimum atomic E-state index is 0.489. The van der Waals surface area contributed by atoms with Crippen molar-refractivity contribution in [3.63, 3.8) is 0 Å². The Bertz CT molecular complexity index is 1770. The van der Waals surface area contributed by atoms with Crippen molar-refractivity contribution in [2.75, 3.05) is 0 Å². The number of fused-ring (bicyclic) bond motifs is 3. The van der Waals surface area contributed by atoms with Crippen LogP contribution in [0.4, 0.5) is 0 Å². The summed E-state index contributed by atoms with van der Waals surface area (Å²) in [7, 11) is 0. The first-order valence-electron chi connectivity index (χ1n) is 11.4. The summed E-state index contributed by atoms with van der Waals surface area (Å²) in [6.07, 6.45) is 0. The van der Waals surface area contributed by atoms with Crippen molar-refractivity contribution in [3.8, 4) is 40.1 Å². The van der Waals surface area contributed by atoms with Gasteiger partial charge in [-0.05, 0) is 41.5 Å². The predicted molar refractivity (Wildman–Crippen MR) is 141 cm³/mol. The molecule has 0 amide bonds. The smallest absolute Gasteiger partial charge is 0.0998 e. The van der Waals surface area contributed by atoms with E-state index >= 15 is 0 Å². The van der Waals surface area contributed by atoms with Crippen molar-refractivity contribution in [2.45, 2.75) is 0 Å². The number of benzene rings is 5. The quantitative estimate of drug-likeness (QED) is 0.278. The minimum absolute atomic E-state index is 0.489. The van der Waals surface area contributed by atoms with Gasteiger partial charge in [-0.1, -0.05) is 84.9 Å². The maximum Gasteiger partial charge on any atom is 0.0998 e. The molecule has 6 aromatic rings. The van der Waals surface area contributed by atoms with Gasteiger partial charge >= 0.3 is 0 Å². The Labute approximate surface area is 203 Å². The van der Waals surface area contributed by atoms with Crippen molar-refractivity contribution in [1.29, 1.82) is 10.5 Å². The maximum absolute atomic E-state index is 9.96. The third-order valence-electron chi connectivity index (χ3n) is 6.49. The second-order valence-corrected chi connectivity index (χ2v) is 8.39. The lowest BCUT2D eigenvalue weighted by atomic mass is 9.90. The van der Waals surface area contributed by atoms with Crippen LogP contribution < -0.4 is 0 Å². The molecule has 0 atom stereocenters. The Kier molecular flexibility index (Phi) is 4.88. The number of nitriles is 2. The fourth-order valence-corrected chi connectivity index (χ4v) is 5.03. The zero-order valence-electron chi connectivity index (χ0n) is 18.8. The average Bonchev–Trinajstić information content (AvgIpc) is 3.28. The highest BCUT2D eigenvalue weighted by Gasteiger charge is 2.22. The largest absolute Gasteiger partial charge is 0.309 e. The van der Waals surface area contributed by atoms with Gasteiger partial charge in [-0.25, -0.2) is 0 Å². The Morgan fingerprint density at radius 3 is 1.83 bits per heavy atom. The van der Waals surface area contributed by atoms with Crippen LogP contribution in [0.25, 0.3) is 49.7 Å². The normalized spacial score (nSPS) is 10.8. The third-order valence-corrected chi connectivity index (χ3v) is 6.49. The first kappa shape index (κ1) is 20.5. The van der Waals surface area contributed by atoms with E-state index in [1.807, 2.05) is 42.5 Å². The summed E-state index contributed by atoms with van der Waals surface area (Å²) in [4.78, 5) is 0. The molecule has 0 aliphatic rings. The molecule has 3 nitrogen and oxygen atoms in total. The number of para-hydroxylation sites is 2. The molecule has 0 aliphatic heterocycles. The van der Waals surface area contributed by atoms with Crippen molar-refractivity contribution < 1.29 is 0 Å². The van der Waals surface area contributed by atoms with Crippen LogP contribution in [0.15, 0.2) is 115 Å². The maximum atomic E-state index is 9.96. The fraction of sp³-hybridized carbons (Fsp3) is 0. The Hall–Kier alpha value is -5.12. The molecule has 0 radical (unpaired) electrons. The van der Waals surface area contributed by atoms with E-state index in [-0.39, 0.29) is 0 Å². The summed E-state index contributed by atoms with van der Waals surface area (Å²) in [6.45, 7) is 0. The van der Waals surface area contributed by atoms with Crippen LogP contribution >= 0.6 is 0 Å². The standard InChI is InChI=1S/C32H19N3/c33-20-23-12-9-13-24(21-34)30(23)28-19-18-26(22-10-3-1-4-11-22)31-27-16-7-8-17-29(27)35(32(28)31)25-14-5-2-6-15-25/h1-19H. The summed E-state index contributed by atoms with van der Waals surface area (Å²) in [6, 6.07) is 43.1. The van der Waals surface area contributed by atoms with E-state index < -0.39 is 0 Å². The lowest BCUT2D eigenvalue weighted by molar-refractivity contribution is 1.18. The second kappa shape index (κ2) is 8.34. The van der Waals surface area contributed by atoms with E-state index in [9.17, 15) is 10.5 Å². The molecule has 0 saturated carbocycles. The molecule has 0 N–H and O–H groups in total. The first-order valence-corrected chi connectivity index (χ1v) is 11.4. The molecule has 162 valence electrons. The van der Waals surface area contributed by atoms with E-state index in [1.54, 1.807) is 18.2 Å².